The minimum absolute atomic E-state index is 0.0413. The summed E-state index contributed by atoms with van der Waals surface area (Å²) in [6.07, 6.45) is 7.43. The number of carboxylic acids is 1. The van der Waals surface area contributed by atoms with E-state index in [1.54, 1.807) is 6.07 Å². The van der Waals surface area contributed by atoms with Gasteiger partial charge >= 0.3 is 5.97 Å². The first-order valence-electron chi connectivity index (χ1n) is 8.94. The van der Waals surface area contributed by atoms with Crippen molar-refractivity contribution in [2.24, 2.45) is 5.92 Å². The Bertz CT molecular complexity index is 674. The van der Waals surface area contributed by atoms with Crippen LogP contribution < -0.4 is 4.74 Å². The van der Waals surface area contributed by atoms with E-state index >= 15 is 0 Å². The number of carbonyl (C=O) groups excluding carboxylic acids is 1. The lowest BCUT2D eigenvalue weighted by atomic mass is 9.88. The number of allylic oxidation sites excluding steroid dienone is 2. The fourth-order valence-electron chi connectivity index (χ4n) is 3.61. The third-order valence-electron chi connectivity index (χ3n) is 5.29. The molecule has 0 unspecified atom stereocenters. The Morgan fingerprint density at radius 3 is 2.52 bits per heavy atom. The molecule has 1 aromatic carbocycles. The van der Waals surface area contributed by atoms with Crippen molar-refractivity contribution in [3.05, 3.63) is 42.0 Å². The number of hydrogen-bond donors (Lipinski definition) is 1. The van der Waals surface area contributed by atoms with Crippen LogP contribution in [0.3, 0.4) is 0 Å². The van der Waals surface area contributed by atoms with Crippen LogP contribution in [0.25, 0.3) is 0 Å². The minimum atomic E-state index is -1.25. The van der Waals surface area contributed by atoms with Crippen LogP contribution in [0.5, 0.6) is 5.75 Å². The van der Waals surface area contributed by atoms with Gasteiger partial charge in [-0.2, -0.15) is 0 Å². The molecule has 1 aromatic rings. The first kappa shape index (κ1) is 17.5. The number of ether oxygens (including phenoxy) is 1. The van der Waals surface area contributed by atoms with Gasteiger partial charge in [0.1, 0.15) is 5.75 Å². The Kier molecular flexibility index (Phi) is 5.11. The number of aryl methyl sites for hydroxylation is 1. The number of benzene rings is 1. The highest BCUT2D eigenvalue weighted by Crippen LogP contribution is 2.32. The zero-order valence-corrected chi connectivity index (χ0v) is 14.6. The Labute approximate surface area is 148 Å². The molecule has 1 aliphatic carbocycles. The van der Waals surface area contributed by atoms with E-state index in [0.717, 1.165) is 24.8 Å². The highest BCUT2D eigenvalue weighted by Gasteiger charge is 2.45. The average Bonchev–Trinajstić information content (AvgIpc) is 2.64. The van der Waals surface area contributed by atoms with Crippen molar-refractivity contribution in [3.63, 3.8) is 0 Å². The summed E-state index contributed by atoms with van der Waals surface area (Å²) < 4.78 is 5.96. The molecular weight excluding hydrogens is 318 g/mol. The van der Waals surface area contributed by atoms with Crippen LogP contribution in [-0.4, -0.2) is 40.6 Å². The first-order chi connectivity index (χ1) is 12.0. The summed E-state index contributed by atoms with van der Waals surface area (Å²) in [6.45, 7) is 2.76. The van der Waals surface area contributed by atoms with Gasteiger partial charge in [-0.05, 0) is 37.8 Å². The van der Waals surface area contributed by atoms with Crippen LogP contribution >= 0.6 is 0 Å². The van der Waals surface area contributed by atoms with Gasteiger partial charge < -0.3 is 14.7 Å². The molecule has 25 heavy (non-hydrogen) atoms. The van der Waals surface area contributed by atoms with E-state index in [4.69, 9.17) is 4.74 Å². The Morgan fingerprint density at radius 2 is 1.92 bits per heavy atom. The van der Waals surface area contributed by atoms with Crippen molar-refractivity contribution in [2.75, 3.05) is 13.1 Å². The van der Waals surface area contributed by atoms with E-state index < -0.39 is 11.6 Å². The van der Waals surface area contributed by atoms with Gasteiger partial charge in [0.15, 0.2) is 0 Å². The maximum absolute atomic E-state index is 12.7. The summed E-state index contributed by atoms with van der Waals surface area (Å²) in [6, 6.07) is 7.44. The monoisotopic (exact) mass is 343 g/mol. The Morgan fingerprint density at radius 1 is 1.20 bits per heavy atom. The quantitative estimate of drug-likeness (QED) is 0.853. The minimum Gasteiger partial charge on any atom is -0.478 e. The van der Waals surface area contributed by atoms with Gasteiger partial charge in [0.05, 0.1) is 0 Å². The molecule has 0 aromatic heterocycles. The largest absolute Gasteiger partial charge is 0.478 e. The predicted octanol–water partition coefficient (Wildman–Crippen LogP) is 3.18. The highest BCUT2D eigenvalue weighted by molar-refractivity contribution is 5.81. The van der Waals surface area contributed by atoms with Gasteiger partial charge in [0.25, 0.3) is 0 Å². The van der Waals surface area contributed by atoms with Crippen LogP contribution in [0.1, 0.15) is 37.7 Å². The maximum atomic E-state index is 12.7. The van der Waals surface area contributed by atoms with E-state index in [1.807, 2.05) is 30.0 Å². The molecule has 2 aliphatic rings. The highest BCUT2D eigenvalue weighted by atomic mass is 16.5. The lowest BCUT2D eigenvalue weighted by Crippen LogP contribution is -2.55. The smallest absolute Gasteiger partial charge is 0.348 e. The van der Waals surface area contributed by atoms with Gasteiger partial charge in [0.2, 0.25) is 11.5 Å². The maximum Gasteiger partial charge on any atom is 0.348 e. The van der Waals surface area contributed by atoms with Crippen LogP contribution in [0, 0.1) is 12.8 Å². The third kappa shape index (κ3) is 3.70. The molecule has 1 N–H and O–H groups in total. The van der Waals surface area contributed by atoms with Gasteiger partial charge in [0, 0.05) is 31.8 Å². The molecule has 1 aliphatic heterocycles. The van der Waals surface area contributed by atoms with E-state index in [9.17, 15) is 14.7 Å². The molecule has 1 saturated heterocycles. The predicted molar refractivity (Wildman–Crippen MR) is 94.5 cm³/mol. The van der Waals surface area contributed by atoms with Crippen LogP contribution in [-0.2, 0) is 9.59 Å². The molecule has 5 heteroatoms. The Hall–Kier alpha value is -2.30. The van der Waals surface area contributed by atoms with E-state index in [2.05, 4.69) is 12.2 Å². The van der Waals surface area contributed by atoms with Crippen molar-refractivity contribution in [2.45, 2.75) is 44.6 Å². The third-order valence-corrected chi connectivity index (χ3v) is 5.29. The van der Waals surface area contributed by atoms with E-state index in [1.165, 1.54) is 0 Å². The molecule has 1 amide bonds. The lowest BCUT2D eigenvalue weighted by molar-refractivity contribution is -0.162. The fraction of sp³-hybridized carbons (Fsp3) is 0.500. The normalized spacial score (nSPS) is 22.4. The van der Waals surface area contributed by atoms with Crippen LogP contribution in [0.15, 0.2) is 36.4 Å². The molecule has 3 rings (SSSR count). The summed E-state index contributed by atoms with van der Waals surface area (Å²) in [7, 11) is 0. The van der Waals surface area contributed by atoms with Crippen molar-refractivity contribution in [3.8, 4) is 5.75 Å². The van der Waals surface area contributed by atoms with E-state index in [0.29, 0.717) is 31.7 Å². The number of piperidine rings is 1. The number of carbonyl (C=O) groups is 2. The molecule has 1 fully saturated rings. The summed E-state index contributed by atoms with van der Waals surface area (Å²) in [5.41, 5.74) is -0.342. The second-order valence-electron chi connectivity index (χ2n) is 6.97. The zero-order chi connectivity index (χ0) is 17.9. The van der Waals surface area contributed by atoms with Gasteiger partial charge in [-0.1, -0.05) is 30.4 Å². The molecule has 1 atom stereocenters. The standard InChI is InChI=1S/C20H25NO4/c1-15-7-5-6-10-17(15)25-20(19(23)24)11-13-21(14-12-20)18(22)16-8-3-2-4-9-16/h2-3,5-7,10,16H,4,8-9,11-14H2,1H3,(H,23,24)/t16-/m1/s1. The fourth-order valence-corrected chi connectivity index (χ4v) is 3.61. The molecule has 5 nitrogen and oxygen atoms in total. The molecule has 134 valence electrons. The topological polar surface area (TPSA) is 66.8 Å². The number of rotatable bonds is 4. The van der Waals surface area contributed by atoms with Crippen molar-refractivity contribution < 1.29 is 19.4 Å². The molecule has 0 radical (unpaired) electrons. The molecular formula is C20H25NO4. The summed E-state index contributed by atoms with van der Waals surface area (Å²) in [5, 5.41) is 9.78. The zero-order valence-electron chi connectivity index (χ0n) is 14.6. The number of carboxylic acid groups (broad SMARTS) is 1. The molecule has 0 spiro atoms. The van der Waals surface area contributed by atoms with Crippen LogP contribution in [0.2, 0.25) is 0 Å². The van der Waals surface area contributed by atoms with Crippen molar-refractivity contribution in [1.82, 2.24) is 4.90 Å². The number of nitrogens with zero attached hydrogens (tertiary/aromatic N) is 1. The van der Waals surface area contributed by atoms with Gasteiger partial charge in [-0.15, -0.1) is 0 Å². The number of hydrogen-bond acceptors (Lipinski definition) is 3. The van der Waals surface area contributed by atoms with Crippen molar-refractivity contribution >= 4 is 11.9 Å². The molecule has 0 bridgehead atoms. The van der Waals surface area contributed by atoms with Gasteiger partial charge in [-0.3, -0.25) is 4.79 Å². The molecule has 1 heterocycles. The first-order valence-corrected chi connectivity index (χ1v) is 8.94. The number of likely N-dealkylation sites (tertiary alicyclic amines) is 1. The summed E-state index contributed by atoms with van der Waals surface area (Å²) >= 11 is 0. The number of para-hydroxylation sites is 1. The molecule has 0 saturated carbocycles. The Balaban J connectivity index is 1.68. The average molecular weight is 343 g/mol. The number of amides is 1. The van der Waals surface area contributed by atoms with Gasteiger partial charge in [-0.25, -0.2) is 4.79 Å². The van der Waals surface area contributed by atoms with E-state index in [-0.39, 0.29) is 11.8 Å². The summed E-state index contributed by atoms with van der Waals surface area (Å²) in [5.74, 6) is -0.163. The van der Waals surface area contributed by atoms with Crippen LogP contribution in [0.4, 0.5) is 0 Å². The number of aliphatic carboxylic acids is 1. The summed E-state index contributed by atoms with van der Waals surface area (Å²) in [4.78, 5) is 26.4. The van der Waals surface area contributed by atoms with Crippen molar-refractivity contribution in [1.29, 1.82) is 0 Å². The SMILES string of the molecule is Cc1ccccc1OC1(C(=O)O)CCN(C(=O)[C@@H]2CC=CCC2)CC1. The lowest BCUT2D eigenvalue weighted by Gasteiger charge is -2.40. The second kappa shape index (κ2) is 7.30. The second-order valence-corrected chi connectivity index (χ2v) is 6.97.